The molecular weight excluding hydrogens is 378 g/mol. The lowest BCUT2D eigenvalue weighted by Crippen LogP contribution is -2.11. The monoisotopic (exact) mass is 397 g/mol. The Morgan fingerprint density at radius 2 is 1.85 bits per heavy atom. The summed E-state index contributed by atoms with van der Waals surface area (Å²) in [6.07, 6.45) is 3.26. The minimum atomic E-state index is -0.515. The number of rotatable bonds is 7. The first kappa shape index (κ1) is 21.7. The molecule has 7 nitrogen and oxygen atoms in total. The highest BCUT2D eigenvalue weighted by molar-refractivity contribution is 7.98. The number of ether oxygens (including phenoxy) is 2. The largest absolute Gasteiger partial charge is 0.462 e. The van der Waals surface area contributed by atoms with Gasteiger partial charge in [0.15, 0.2) is 5.16 Å². The SMILES string of the molecule is CCOC(=O)c1cccc(Nc2nc(SC)ncc2C(=O)OCC)c1.Cl. The highest BCUT2D eigenvalue weighted by atomic mass is 35.5. The van der Waals surface area contributed by atoms with Gasteiger partial charge in [-0.15, -0.1) is 12.4 Å². The van der Waals surface area contributed by atoms with Crippen LogP contribution in [0.5, 0.6) is 0 Å². The molecule has 1 aromatic heterocycles. The number of esters is 2. The van der Waals surface area contributed by atoms with E-state index in [2.05, 4.69) is 15.3 Å². The Kier molecular flexibility index (Phi) is 8.87. The molecule has 0 atom stereocenters. The van der Waals surface area contributed by atoms with Gasteiger partial charge in [-0.2, -0.15) is 0 Å². The van der Waals surface area contributed by atoms with E-state index in [4.69, 9.17) is 9.47 Å². The second-order valence-electron chi connectivity index (χ2n) is 4.77. The van der Waals surface area contributed by atoms with Crippen molar-refractivity contribution in [2.24, 2.45) is 0 Å². The number of carbonyl (C=O) groups is 2. The molecule has 0 saturated carbocycles. The number of halogens is 1. The van der Waals surface area contributed by atoms with Crippen molar-refractivity contribution < 1.29 is 19.1 Å². The third kappa shape index (κ3) is 5.60. The molecule has 0 bridgehead atoms. The van der Waals surface area contributed by atoms with Crippen molar-refractivity contribution in [3.05, 3.63) is 41.6 Å². The molecule has 0 saturated heterocycles. The van der Waals surface area contributed by atoms with Crippen molar-refractivity contribution in [2.75, 3.05) is 24.8 Å². The van der Waals surface area contributed by atoms with E-state index >= 15 is 0 Å². The minimum Gasteiger partial charge on any atom is -0.462 e. The molecule has 0 spiro atoms. The number of benzene rings is 1. The molecule has 1 heterocycles. The van der Waals surface area contributed by atoms with Gasteiger partial charge in [0, 0.05) is 11.9 Å². The van der Waals surface area contributed by atoms with Gasteiger partial charge in [0.05, 0.1) is 18.8 Å². The van der Waals surface area contributed by atoms with Crippen molar-refractivity contribution >= 4 is 47.6 Å². The predicted molar refractivity (Wildman–Crippen MR) is 103 cm³/mol. The van der Waals surface area contributed by atoms with Crippen LogP contribution in [-0.4, -0.2) is 41.4 Å². The molecule has 1 aromatic carbocycles. The second kappa shape index (κ2) is 10.6. The maximum Gasteiger partial charge on any atom is 0.343 e. The lowest BCUT2D eigenvalue weighted by molar-refractivity contribution is 0.0516. The van der Waals surface area contributed by atoms with Crippen LogP contribution in [0.2, 0.25) is 0 Å². The van der Waals surface area contributed by atoms with Gasteiger partial charge in [-0.3, -0.25) is 0 Å². The molecule has 9 heteroatoms. The first-order chi connectivity index (χ1) is 12.1. The summed E-state index contributed by atoms with van der Waals surface area (Å²) in [6.45, 7) is 4.02. The van der Waals surface area contributed by atoms with Crippen LogP contribution in [0.1, 0.15) is 34.6 Å². The molecule has 0 aliphatic heterocycles. The number of hydrogen-bond donors (Lipinski definition) is 1. The van der Waals surface area contributed by atoms with Crippen LogP contribution in [0, 0.1) is 0 Å². The van der Waals surface area contributed by atoms with Crippen LogP contribution in [0.25, 0.3) is 0 Å². The molecule has 2 rings (SSSR count). The van der Waals surface area contributed by atoms with E-state index in [1.54, 1.807) is 38.1 Å². The van der Waals surface area contributed by atoms with Crippen LogP contribution in [-0.2, 0) is 9.47 Å². The lowest BCUT2D eigenvalue weighted by Gasteiger charge is -2.12. The van der Waals surface area contributed by atoms with E-state index in [9.17, 15) is 9.59 Å². The Bertz CT molecular complexity index is 773. The van der Waals surface area contributed by atoms with Crippen molar-refractivity contribution in [1.29, 1.82) is 0 Å². The molecule has 0 fully saturated rings. The molecule has 0 aliphatic carbocycles. The van der Waals surface area contributed by atoms with Gasteiger partial charge in [0.1, 0.15) is 11.4 Å². The second-order valence-corrected chi connectivity index (χ2v) is 5.54. The number of hydrogen-bond acceptors (Lipinski definition) is 8. The number of nitrogens with one attached hydrogen (secondary N) is 1. The van der Waals surface area contributed by atoms with Crippen molar-refractivity contribution in [1.82, 2.24) is 9.97 Å². The summed E-state index contributed by atoms with van der Waals surface area (Å²) < 4.78 is 10.0. The number of anilines is 2. The van der Waals surface area contributed by atoms with Crippen LogP contribution in [0.15, 0.2) is 35.6 Å². The van der Waals surface area contributed by atoms with Gasteiger partial charge in [-0.05, 0) is 38.3 Å². The van der Waals surface area contributed by atoms with E-state index in [1.807, 2.05) is 6.26 Å². The number of aromatic nitrogens is 2. The van der Waals surface area contributed by atoms with Crippen LogP contribution >= 0.6 is 24.2 Å². The molecule has 0 amide bonds. The smallest absolute Gasteiger partial charge is 0.343 e. The molecule has 1 N–H and O–H groups in total. The van der Waals surface area contributed by atoms with Crippen molar-refractivity contribution in [3.63, 3.8) is 0 Å². The summed E-state index contributed by atoms with van der Waals surface area (Å²) in [4.78, 5) is 32.4. The maximum absolute atomic E-state index is 12.1. The summed E-state index contributed by atoms with van der Waals surface area (Å²) in [6, 6.07) is 6.77. The molecule has 2 aromatic rings. The summed E-state index contributed by atoms with van der Waals surface area (Å²) >= 11 is 1.35. The highest BCUT2D eigenvalue weighted by Crippen LogP contribution is 2.22. The van der Waals surface area contributed by atoms with Gasteiger partial charge in [0.25, 0.3) is 0 Å². The Morgan fingerprint density at radius 1 is 1.15 bits per heavy atom. The van der Waals surface area contributed by atoms with Crippen LogP contribution in [0.3, 0.4) is 0 Å². The molecule has 26 heavy (non-hydrogen) atoms. The van der Waals surface area contributed by atoms with Gasteiger partial charge >= 0.3 is 11.9 Å². The molecule has 0 aliphatic rings. The average Bonchev–Trinajstić information content (AvgIpc) is 2.62. The first-order valence-electron chi connectivity index (χ1n) is 7.71. The number of nitrogens with zero attached hydrogens (tertiary/aromatic N) is 2. The number of carbonyl (C=O) groups excluding carboxylic acids is 2. The normalized spacial score (nSPS) is 9.81. The van der Waals surface area contributed by atoms with Gasteiger partial charge in [-0.1, -0.05) is 17.8 Å². The van der Waals surface area contributed by atoms with Gasteiger partial charge in [-0.25, -0.2) is 19.6 Å². The minimum absolute atomic E-state index is 0. The zero-order chi connectivity index (χ0) is 18.2. The Labute approximate surface area is 162 Å². The standard InChI is InChI=1S/C17H19N3O4S.ClH/c1-4-23-15(21)11-7-6-8-12(9-11)19-14-13(16(22)24-5-2)10-18-17(20-14)25-3;/h6-10H,4-5H2,1-3H3,(H,18,19,20);1H. The fraction of sp³-hybridized carbons (Fsp3) is 0.294. The molecule has 140 valence electrons. The zero-order valence-corrected chi connectivity index (χ0v) is 16.3. The van der Waals surface area contributed by atoms with Crippen molar-refractivity contribution in [3.8, 4) is 0 Å². The fourth-order valence-corrected chi connectivity index (χ4v) is 2.33. The zero-order valence-electron chi connectivity index (χ0n) is 14.6. The summed E-state index contributed by atoms with van der Waals surface area (Å²) in [5.74, 6) is -0.609. The topological polar surface area (TPSA) is 90.4 Å². The third-order valence-corrected chi connectivity index (χ3v) is 3.64. The van der Waals surface area contributed by atoms with E-state index < -0.39 is 11.9 Å². The summed E-state index contributed by atoms with van der Waals surface area (Å²) in [5, 5.41) is 3.56. The average molecular weight is 398 g/mol. The fourth-order valence-electron chi connectivity index (χ4n) is 1.99. The van der Waals surface area contributed by atoms with Gasteiger partial charge < -0.3 is 14.8 Å². The third-order valence-electron chi connectivity index (χ3n) is 3.08. The summed E-state index contributed by atoms with van der Waals surface area (Å²) in [7, 11) is 0. The summed E-state index contributed by atoms with van der Waals surface area (Å²) in [5.41, 5.74) is 1.23. The van der Waals surface area contributed by atoms with Crippen molar-refractivity contribution in [2.45, 2.75) is 19.0 Å². The predicted octanol–water partition coefficient (Wildman–Crippen LogP) is 3.72. The van der Waals surface area contributed by atoms with E-state index in [0.717, 1.165) is 0 Å². The Balaban J connectivity index is 0.00000338. The number of thioether (sulfide) groups is 1. The Morgan fingerprint density at radius 3 is 2.50 bits per heavy atom. The maximum atomic E-state index is 12.1. The molecular formula is C17H20ClN3O4S. The molecule has 0 radical (unpaired) electrons. The van der Waals surface area contributed by atoms with Crippen LogP contribution < -0.4 is 5.32 Å². The van der Waals surface area contributed by atoms with E-state index in [0.29, 0.717) is 28.8 Å². The Hall–Kier alpha value is -2.32. The quantitative estimate of drug-likeness (QED) is 0.429. The lowest BCUT2D eigenvalue weighted by atomic mass is 10.2. The van der Waals surface area contributed by atoms with E-state index in [1.165, 1.54) is 18.0 Å². The molecule has 0 unspecified atom stereocenters. The first-order valence-corrected chi connectivity index (χ1v) is 8.93. The van der Waals surface area contributed by atoms with E-state index in [-0.39, 0.29) is 24.6 Å². The van der Waals surface area contributed by atoms with Gasteiger partial charge in [0.2, 0.25) is 0 Å². The van der Waals surface area contributed by atoms with Crippen LogP contribution in [0.4, 0.5) is 11.5 Å². The highest BCUT2D eigenvalue weighted by Gasteiger charge is 2.16.